The van der Waals surface area contributed by atoms with Gasteiger partial charge in [0.2, 0.25) is 17.7 Å². The van der Waals surface area contributed by atoms with Crippen LogP contribution in [0, 0.1) is 0 Å². The molecule has 9 nitrogen and oxygen atoms in total. The van der Waals surface area contributed by atoms with Crippen molar-refractivity contribution < 1.29 is 29.4 Å². The summed E-state index contributed by atoms with van der Waals surface area (Å²) in [6.45, 7) is 0.0544. The predicted octanol–water partition coefficient (Wildman–Crippen LogP) is -1.20. The smallest absolute Gasteiger partial charge is 0.328 e. The predicted molar refractivity (Wildman–Crippen MR) is 92.0 cm³/mol. The molecule has 0 saturated carbocycles. The number of carboxylic acids is 1. The molecule has 0 aliphatic rings. The Bertz CT molecular complexity index is 635. The Kier molecular flexibility index (Phi) is 8.79. The van der Waals surface area contributed by atoms with Gasteiger partial charge in [-0.3, -0.25) is 14.4 Å². The molecule has 0 aliphatic carbocycles. The number of aryl methyl sites for hydroxylation is 1. The minimum Gasteiger partial charge on any atom is -0.480 e. The summed E-state index contributed by atoms with van der Waals surface area (Å²) in [5, 5.41) is 24.6. The molecule has 9 heteroatoms. The first kappa shape index (κ1) is 21.1. The van der Waals surface area contributed by atoms with Crippen LogP contribution in [0.15, 0.2) is 30.3 Å². The zero-order valence-corrected chi connectivity index (χ0v) is 14.4. The van der Waals surface area contributed by atoms with Gasteiger partial charge in [-0.15, -0.1) is 0 Å². The highest BCUT2D eigenvalue weighted by molar-refractivity contribution is 5.91. The minimum atomic E-state index is -1.44. The number of aliphatic carboxylic acids is 1. The van der Waals surface area contributed by atoms with Crippen molar-refractivity contribution in [2.45, 2.75) is 31.8 Å². The lowest BCUT2D eigenvalue weighted by Crippen LogP contribution is -2.51. The van der Waals surface area contributed by atoms with Crippen LogP contribution in [0.3, 0.4) is 0 Å². The van der Waals surface area contributed by atoms with E-state index in [1.54, 1.807) is 0 Å². The van der Waals surface area contributed by atoms with E-state index in [1.807, 2.05) is 30.3 Å². The third-order valence-corrected chi connectivity index (χ3v) is 3.50. The Hall–Kier alpha value is -2.94. The second-order valence-electron chi connectivity index (χ2n) is 5.64. The lowest BCUT2D eigenvalue weighted by atomic mass is 10.0. The largest absolute Gasteiger partial charge is 0.480 e. The summed E-state index contributed by atoms with van der Waals surface area (Å²) in [6.07, 6.45) is 0.891. The molecule has 0 radical (unpaired) electrons. The highest BCUT2D eigenvalue weighted by atomic mass is 16.4. The Morgan fingerprint density at radius 3 is 2.23 bits per heavy atom. The zero-order valence-electron chi connectivity index (χ0n) is 14.4. The van der Waals surface area contributed by atoms with Crippen molar-refractivity contribution in [2.75, 3.05) is 13.2 Å². The average Bonchev–Trinajstić information content (AvgIpc) is 2.61. The van der Waals surface area contributed by atoms with Crippen LogP contribution in [0.2, 0.25) is 0 Å². The maximum Gasteiger partial charge on any atom is 0.328 e. The summed E-state index contributed by atoms with van der Waals surface area (Å²) in [5.41, 5.74) is 1.00. The van der Waals surface area contributed by atoms with Crippen molar-refractivity contribution in [1.82, 2.24) is 16.0 Å². The Morgan fingerprint density at radius 2 is 1.69 bits per heavy atom. The third kappa shape index (κ3) is 7.75. The van der Waals surface area contributed by atoms with Gasteiger partial charge in [0.25, 0.3) is 0 Å². The van der Waals surface area contributed by atoms with Crippen LogP contribution in [0.1, 0.15) is 18.9 Å². The zero-order chi connectivity index (χ0) is 19.5. The van der Waals surface area contributed by atoms with Gasteiger partial charge in [-0.2, -0.15) is 0 Å². The second-order valence-corrected chi connectivity index (χ2v) is 5.64. The lowest BCUT2D eigenvalue weighted by molar-refractivity contribution is -0.142. The van der Waals surface area contributed by atoms with Gasteiger partial charge in [0, 0.05) is 6.92 Å². The Labute approximate surface area is 150 Å². The van der Waals surface area contributed by atoms with E-state index < -0.39 is 43.0 Å². The third-order valence-electron chi connectivity index (χ3n) is 3.50. The first-order chi connectivity index (χ1) is 12.3. The number of rotatable bonds is 10. The number of carbonyl (C=O) groups excluding carboxylic acids is 3. The Balaban J connectivity index is 2.55. The molecule has 5 N–H and O–H groups in total. The topological polar surface area (TPSA) is 145 Å². The molecule has 142 valence electrons. The molecule has 2 atom stereocenters. The summed E-state index contributed by atoms with van der Waals surface area (Å²) < 4.78 is 0. The molecule has 1 aromatic rings. The fourth-order valence-electron chi connectivity index (χ4n) is 2.19. The van der Waals surface area contributed by atoms with Crippen LogP contribution in [-0.2, 0) is 25.6 Å². The van der Waals surface area contributed by atoms with Crippen molar-refractivity contribution in [2.24, 2.45) is 0 Å². The van der Waals surface area contributed by atoms with Crippen LogP contribution in [0.5, 0.6) is 0 Å². The summed E-state index contributed by atoms with van der Waals surface area (Å²) in [4.78, 5) is 45.9. The van der Waals surface area contributed by atoms with Gasteiger partial charge >= 0.3 is 5.97 Å². The van der Waals surface area contributed by atoms with E-state index in [0.29, 0.717) is 12.8 Å². The maximum absolute atomic E-state index is 12.2. The summed E-state index contributed by atoms with van der Waals surface area (Å²) in [7, 11) is 0. The molecular formula is C17H23N3O6. The molecular weight excluding hydrogens is 342 g/mol. The van der Waals surface area contributed by atoms with Crippen LogP contribution in [0.4, 0.5) is 0 Å². The molecule has 0 spiro atoms. The van der Waals surface area contributed by atoms with Gasteiger partial charge in [-0.25, -0.2) is 4.79 Å². The number of benzene rings is 1. The molecule has 0 unspecified atom stereocenters. The van der Waals surface area contributed by atoms with Crippen molar-refractivity contribution in [3.63, 3.8) is 0 Å². The fraction of sp³-hybridized carbons (Fsp3) is 0.412. The lowest BCUT2D eigenvalue weighted by Gasteiger charge is -2.18. The monoisotopic (exact) mass is 365 g/mol. The van der Waals surface area contributed by atoms with Crippen LogP contribution in [-0.4, -0.2) is 59.1 Å². The first-order valence-electron chi connectivity index (χ1n) is 8.05. The molecule has 26 heavy (non-hydrogen) atoms. The van der Waals surface area contributed by atoms with Gasteiger partial charge < -0.3 is 26.2 Å². The van der Waals surface area contributed by atoms with Crippen LogP contribution in [0.25, 0.3) is 0 Å². The van der Waals surface area contributed by atoms with Crippen LogP contribution >= 0.6 is 0 Å². The average molecular weight is 365 g/mol. The van der Waals surface area contributed by atoms with E-state index >= 15 is 0 Å². The standard InChI is InChI=1S/C17H23N3O6/c1-11(22)19-13(8-7-12-5-3-2-4-6-12)16(24)18-9-15(23)20-14(10-21)17(25)26/h2-6,13-14,21H,7-10H2,1H3,(H,18,24)(H,19,22)(H,20,23)(H,25,26)/t13-,14-/m0/s1. The van der Waals surface area contributed by atoms with E-state index in [0.717, 1.165) is 5.56 Å². The number of hydrogen-bond acceptors (Lipinski definition) is 5. The number of amides is 3. The number of aliphatic hydroxyl groups is 1. The molecule has 0 aromatic heterocycles. The van der Waals surface area contributed by atoms with E-state index in [4.69, 9.17) is 10.2 Å². The summed E-state index contributed by atoms with van der Waals surface area (Å²) in [5.74, 6) is -3.08. The Morgan fingerprint density at radius 1 is 1.04 bits per heavy atom. The molecule has 3 amide bonds. The highest BCUT2D eigenvalue weighted by Crippen LogP contribution is 2.05. The second kappa shape index (κ2) is 10.8. The number of hydrogen-bond donors (Lipinski definition) is 5. The molecule has 0 heterocycles. The van der Waals surface area contributed by atoms with Gasteiger partial charge in [-0.1, -0.05) is 30.3 Å². The van der Waals surface area contributed by atoms with E-state index in [1.165, 1.54) is 6.92 Å². The number of aliphatic hydroxyl groups excluding tert-OH is 1. The van der Waals surface area contributed by atoms with Crippen molar-refractivity contribution >= 4 is 23.7 Å². The molecule has 0 aliphatic heterocycles. The van der Waals surface area contributed by atoms with Crippen LogP contribution < -0.4 is 16.0 Å². The molecule has 0 saturated heterocycles. The summed E-state index contributed by atoms with van der Waals surface area (Å²) >= 11 is 0. The maximum atomic E-state index is 12.2. The molecule has 1 aromatic carbocycles. The molecule has 0 fully saturated rings. The van der Waals surface area contributed by atoms with Crippen molar-refractivity contribution in [3.8, 4) is 0 Å². The van der Waals surface area contributed by atoms with E-state index in [-0.39, 0.29) is 5.91 Å². The van der Waals surface area contributed by atoms with Crippen molar-refractivity contribution in [3.05, 3.63) is 35.9 Å². The van der Waals surface area contributed by atoms with Gasteiger partial charge in [0.1, 0.15) is 12.1 Å². The highest BCUT2D eigenvalue weighted by Gasteiger charge is 2.22. The molecule has 0 bridgehead atoms. The van der Waals surface area contributed by atoms with E-state index in [2.05, 4.69) is 16.0 Å². The normalized spacial score (nSPS) is 12.5. The quantitative estimate of drug-likeness (QED) is 0.352. The number of nitrogens with one attached hydrogen (secondary N) is 3. The number of carbonyl (C=O) groups is 4. The van der Waals surface area contributed by atoms with Crippen molar-refractivity contribution in [1.29, 1.82) is 0 Å². The van der Waals surface area contributed by atoms with Gasteiger partial charge in [0.15, 0.2) is 0 Å². The van der Waals surface area contributed by atoms with E-state index in [9.17, 15) is 19.2 Å². The molecule has 1 rings (SSSR count). The first-order valence-corrected chi connectivity index (χ1v) is 8.05. The fourth-order valence-corrected chi connectivity index (χ4v) is 2.19. The summed E-state index contributed by atoms with van der Waals surface area (Å²) in [6, 6.07) is 7.14. The van der Waals surface area contributed by atoms with Gasteiger partial charge in [0.05, 0.1) is 13.2 Å². The van der Waals surface area contributed by atoms with Gasteiger partial charge in [-0.05, 0) is 18.4 Å². The minimum absolute atomic E-state index is 0.339. The number of carboxylic acid groups (broad SMARTS) is 1. The SMILES string of the molecule is CC(=O)N[C@@H](CCc1ccccc1)C(=O)NCC(=O)N[C@@H](CO)C(=O)O.